The van der Waals surface area contributed by atoms with E-state index in [-0.39, 0.29) is 22.6 Å². The van der Waals surface area contributed by atoms with Crippen LogP contribution in [-0.2, 0) is 0 Å². The van der Waals surface area contributed by atoms with Gasteiger partial charge in [-0.25, -0.2) is 10.9 Å². The molecule has 0 aliphatic rings. The summed E-state index contributed by atoms with van der Waals surface area (Å²) in [7, 11) is 0. The Morgan fingerprint density at radius 3 is 1.41 bits per heavy atom. The van der Waals surface area contributed by atoms with E-state index in [9.17, 15) is 29.8 Å². The fraction of sp³-hybridized carbons (Fsp3) is 0. The average molecular weight is 440 g/mol. The van der Waals surface area contributed by atoms with Gasteiger partial charge in [-0.3, -0.25) is 29.8 Å². The molecule has 0 saturated heterocycles. The summed E-state index contributed by atoms with van der Waals surface area (Å²) in [6.07, 6.45) is 2.19. The van der Waals surface area contributed by atoms with E-state index in [2.05, 4.69) is 21.1 Å². The van der Waals surface area contributed by atoms with Crippen LogP contribution in [0, 0.1) is 20.2 Å². The highest BCUT2D eigenvalue weighted by Gasteiger charge is 2.12. The van der Waals surface area contributed by atoms with Crippen molar-refractivity contribution in [3.63, 3.8) is 0 Å². The minimum absolute atomic E-state index is 0.0775. The van der Waals surface area contributed by atoms with Crippen LogP contribution in [0.15, 0.2) is 67.6 Å². The number of hydrogen-bond donors (Lipinski definition) is 2. The number of furan rings is 2. The lowest BCUT2D eigenvalue weighted by molar-refractivity contribution is -0.402. The predicted molar refractivity (Wildman–Crippen MR) is 107 cm³/mol. The molecule has 2 aromatic heterocycles. The molecule has 0 fully saturated rings. The Morgan fingerprint density at radius 1 is 0.719 bits per heavy atom. The Bertz CT molecular complexity index is 1130. The van der Waals surface area contributed by atoms with Crippen molar-refractivity contribution in [1.29, 1.82) is 0 Å². The van der Waals surface area contributed by atoms with E-state index < -0.39 is 33.4 Å². The minimum atomic E-state index is -0.706. The molecule has 2 amide bonds. The summed E-state index contributed by atoms with van der Waals surface area (Å²) in [5, 5.41) is 28.4. The first-order valence-corrected chi connectivity index (χ1v) is 8.59. The molecule has 2 heterocycles. The third kappa shape index (κ3) is 5.47. The number of nitro groups is 2. The van der Waals surface area contributed by atoms with Gasteiger partial charge in [0.1, 0.15) is 9.85 Å². The van der Waals surface area contributed by atoms with E-state index in [1.54, 1.807) is 0 Å². The molecule has 0 unspecified atom stereocenters. The van der Waals surface area contributed by atoms with Gasteiger partial charge in [-0.05, 0) is 36.4 Å². The van der Waals surface area contributed by atoms with Crippen LogP contribution in [0.25, 0.3) is 0 Å². The third-order valence-electron chi connectivity index (χ3n) is 3.71. The molecule has 0 saturated carbocycles. The lowest BCUT2D eigenvalue weighted by Gasteiger charge is -2.02. The number of benzene rings is 1. The second kappa shape index (κ2) is 9.57. The van der Waals surface area contributed by atoms with Crippen LogP contribution < -0.4 is 10.9 Å². The molecule has 0 atom stereocenters. The summed E-state index contributed by atoms with van der Waals surface area (Å²) < 4.78 is 9.71. The standard InChI is InChI=1S/C18H12N6O8/c25-17(21-19-9-13-5-7-15(31-13)23(27)28)11-1-2-12(4-3-11)18(26)22-20-10-14-6-8-16(32-14)24(29)30/h1-10H,(H,21,25)(H,22,26)/b19-9+,20-10+. The quantitative estimate of drug-likeness (QED) is 0.302. The van der Waals surface area contributed by atoms with Gasteiger partial charge < -0.3 is 8.83 Å². The topological polar surface area (TPSA) is 195 Å². The van der Waals surface area contributed by atoms with Gasteiger partial charge in [0.05, 0.1) is 24.6 Å². The van der Waals surface area contributed by atoms with Crippen LogP contribution in [0.3, 0.4) is 0 Å². The van der Waals surface area contributed by atoms with E-state index in [1.807, 2.05) is 0 Å². The van der Waals surface area contributed by atoms with Crippen molar-refractivity contribution in [2.45, 2.75) is 0 Å². The largest absolute Gasteiger partial charge is 0.433 e. The number of hydrogen-bond acceptors (Lipinski definition) is 10. The molecule has 0 aliphatic carbocycles. The number of rotatable bonds is 8. The van der Waals surface area contributed by atoms with Crippen LogP contribution >= 0.6 is 0 Å². The van der Waals surface area contributed by atoms with Gasteiger partial charge in [-0.15, -0.1) is 0 Å². The monoisotopic (exact) mass is 440 g/mol. The Balaban J connectivity index is 1.52. The molecule has 32 heavy (non-hydrogen) atoms. The molecule has 1 aromatic carbocycles. The second-order valence-electron chi connectivity index (χ2n) is 5.84. The Kier molecular flexibility index (Phi) is 6.45. The smallest absolute Gasteiger partial charge is 0.400 e. The molecule has 3 aromatic rings. The summed E-state index contributed by atoms with van der Waals surface area (Å²) in [6, 6.07) is 10.4. The molecule has 0 aliphatic heterocycles. The van der Waals surface area contributed by atoms with Gasteiger partial charge in [-0.2, -0.15) is 10.2 Å². The highest BCUT2D eigenvalue weighted by molar-refractivity contribution is 5.98. The number of carbonyl (C=O) groups is 2. The van der Waals surface area contributed by atoms with Gasteiger partial charge in [0.15, 0.2) is 11.5 Å². The molecular formula is C18H12N6O8. The van der Waals surface area contributed by atoms with Gasteiger partial charge >= 0.3 is 11.8 Å². The van der Waals surface area contributed by atoms with Crippen molar-refractivity contribution >= 4 is 36.0 Å². The van der Waals surface area contributed by atoms with Crippen molar-refractivity contribution < 1.29 is 28.3 Å². The number of amides is 2. The third-order valence-corrected chi connectivity index (χ3v) is 3.71. The summed E-state index contributed by atoms with van der Waals surface area (Å²) in [4.78, 5) is 43.8. The fourth-order valence-electron chi connectivity index (χ4n) is 2.23. The van der Waals surface area contributed by atoms with E-state index in [0.717, 1.165) is 24.6 Å². The number of nitrogens with zero attached hydrogens (tertiary/aromatic N) is 4. The first-order valence-electron chi connectivity index (χ1n) is 8.59. The van der Waals surface area contributed by atoms with Gasteiger partial charge in [0, 0.05) is 11.1 Å². The Hall–Kier alpha value is -5.14. The van der Waals surface area contributed by atoms with Crippen LogP contribution in [-0.4, -0.2) is 34.1 Å². The van der Waals surface area contributed by atoms with Crippen LogP contribution in [0.5, 0.6) is 0 Å². The van der Waals surface area contributed by atoms with Crippen molar-refractivity contribution in [2.24, 2.45) is 10.2 Å². The van der Waals surface area contributed by atoms with E-state index in [4.69, 9.17) is 8.83 Å². The van der Waals surface area contributed by atoms with Gasteiger partial charge in [0.2, 0.25) is 0 Å². The lowest BCUT2D eigenvalue weighted by Crippen LogP contribution is -2.19. The summed E-state index contributed by atoms with van der Waals surface area (Å²) in [6.45, 7) is 0. The van der Waals surface area contributed by atoms with E-state index in [1.165, 1.54) is 36.4 Å². The molecule has 3 rings (SSSR count). The maximum Gasteiger partial charge on any atom is 0.433 e. The summed E-state index contributed by atoms with van der Waals surface area (Å²) in [5.74, 6) is -1.94. The molecule has 2 N–H and O–H groups in total. The second-order valence-corrected chi connectivity index (χ2v) is 5.84. The first-order chi connectivity index (χ1) is 15.3. The van der Waals surface area contributed by atoms with Gasteiger partial charge in [0.25, 0.3) is 11.8 Å². The Labute approximate surface area is 177 Å². The number of carbonyl (C=O) groups excluding carboxylic acids is 2. The fourth-order valence-corrected chi connectivity index (χ4v) is 2.23. The molecule has 14 nitrogen and oxygen atoms in total. The molecule has 0 bridgehead atoms. The minimum Gasteiger partial charge on any atom is -0.400 e. The van der Waals surface area contributed by atoms with E-state index in [0.29, 0.717) is 0 Å². The van der Waals surface area contributed by atoms with E-state index >= 15 is 0 Å². The first kappa shape index (κ1) is 21.6. The number of nitrogens with one attached hydrogen (secondary N) is 2. The van der Waals surface area contributed by atoms with Crippen LogP contribution in [0.2, 0.25) is 0 Å². The normalized spacial score (nSPS) is 11.0. The lowest BCUT2D eigenvalue weighted by atomic mass is 10.1. The van der Waals surface area contributed by atoms with Crippen molar-refractivity contribution in [1.82, 2.24) is 10.9 Å². The average Bonchev–Trinajstić information content (AvgIpc) is 3.44. The SMILES string of the molecule is O=C(N/N=C/c1ccc([N+](=O)[O-])o1)c1ccc(C(=O)N/N=C/c2ccc([N+](=O)[O-])o2)cc1. The maximum absolute atomic E-state index is 12.1. The predicted octanol–water partition coefficient (Wildman–Crippen LogP) is 2.22. The summed E-state index contributed by atoms with van der Waals surface area (Å²) >= 11 is 0. The number of hydrazone groups is 2. The summed E-state index contributed by atoms with van der Waals surface area (Å²) in [5.41, 5.74) is 4.81. The Morgan fingerprint density at radius 2 is 1.09 bits per heavy atom. The molecule has 14 heteroatoms. The maximum atomic E-state index is 12.1. The highest BCUT2D eigenvalue weighted by atomic mass is 16.7. The zero-order valence-electron chi connectivity index (χ0n) is 15.8. The zero-order valence-corrected chi connectivity index (χ0v) is 15.8. The molecular weight excluding hydrogens is 428 g/mol. The zero-order chi connectivity index (χ0) is 23.1. The van der Waals surface area contributed by atoms with Crippen molar-refractivity contribution in [3.8, 4) is 0 Å². The molecule has 162 valence electrons. The molecule has 0 radical (unpaired) electrons. The van der Waals surface area contributed by atoms with Crippen molar-refractivity contribution in [3.05, 3.63) is 91.4 Å². The van der Waals surface area contributed by atoms with Gasteiger partial charge in [-0.1, -0.05) is 0 Å². The molecule has 0 spiro atoms. The van der Waals surface area contributed by atoms with Crippen molar-refractivity contribution in [2.75, 3.05) is 0 Å². The van der Waals surface area contributed by atoms with Crippen LogP contribution in [0.4, 0.5) is 11.8 Å². The highest BCUT2D eigenvalue weighted by Crippen LogP contribution is 2.14. The van der Waals surface area contributed by atoms with Crippen LogP contribution in [0.1, 0.15) is 32.2 Å².